The number of hydrogen-bond donors (Lipinski definition) is 0. The first-order valence-electron chi connectivity index (χ1n) is 6.56. The number of hydrogen-bond acceptors (Lipinski definition) is 3. The molecular formula is C15H16ClNOS. The van der Waals surface area contributed by atoms with E-state index in [4.69, 9.17) is 16.3 Å². The number of thioether (sulfide) groups is 1. The fraction of sp³-hybridized carbons (Fsp3) is 0.400. The Kier molecular flexibility index (Phi) is 4.26. The lowest BCUT2D eigenvalue weighted by molar-refractivity contribution is 0.1000. The van der Waals surface area contributed by atoms with Gasteiger partial charge in [-0.2, -0.15) is 11.8 Å². The maximum atomic E-state index is 6.27. The van der Waals surface area contributed by atoms with Crippen LogP contribution in [0.5, 0.6) is 0 Å². The van der Waals surface area contributed by atoms with Gasteiger partial charge in [0.25, 0.3) is 0 Å². The van der Waals surface area contributed by atoms with Gasteiger partial charge in [-0.15, -0.1) is 0 Å². The van der Waals surface area contributed by atoms with E-state index in [0.717, 1.165) is 48.3 Å². The van der Waals surface area contributed by atoms with Crippen LogP contribution in [0.1, 0.15) is 18.4 Å². The highest BCUT2D eigenvalue weighted by Crippen LogP contribution is 2.29. The average Bonchev–Trinajstić information content (AvgIpc) is 2.46. The summed E-state index contributed by atoms with van der Waals surface area (Å²) in [6.07, 6.45) is 2.28. The van der Waals surface area contributed by atoms with Crippen molar-refractivity contribution >= 4 is 34.3 Å². The minimum atomic E-state index is 0.637. The van der Waals surface area contributed by atoms with Crippen LogP contribution in [0.15, 0.2) is 30.3 Å². The van der Waals surface area contributed by atoms with Gasteiger partial charge in [0.1, 0.15) is 5.15 Å². The number of halogens is 1. The van der Waals surface area contributed by atoms with E-state index in [9.17, 15) is 0 Å². The predicted molar refractivity (Wildman–Crippen MR) is 81.9 cm³/mol. The molecule has 19 heavy (non-hydrogen) atoms. The highest BCUT2D eigenvalue weighted by atomic mass is 35.5. The number of ether oxygens (including phenoxy) is 1. The Morgan fingerprint density at radius 3 is 2.89 bits per heavy atom. The zero-order valence-electron chi connectivity index (χ0n) is 10.6. The van der Waals surface area contributed by atoms with Gasteiger partial charge in [-0.3, -0.25) is 0 Å². The molecule has 1 saturated heterocycles. The van der Waals surface area contributed by atoms with Gasteiger partial charge in [0.2, 0.25) is 0 Å². The molecule has 4 heteroatoms. The van der Waals surface area contributed by atoms with Crippen molar-refractivity contribution in [2.75, 3.05) is 13.2 Å². The van der Waals surface area contributed by atoms with Gasteiger partial charge in [0.15, 0.2) is 0 Å². The zero-order valence-corrected chi connectivity index (χ0v) is 12.2. The van der Waals surface area contributed by atoms with Crippen LogP contribution in [0.4, 0.5) is 0 Å². The van der Waals surface area contributed by atoms with E-state index < -0.39 is 0 Å². The number of benzene rings is 1. The van der Waals surface area contributed by atoms with Crippen LogP contribution in [0.2, 0.25) is 5.15 Å². The Hall–Kier alpha value is -0.770. The van der Waals surface area contributed by atoms with Gasteiger partial charge in [0.05, 0.1) is 5.52 Å². The monoisotopic (exact) mass is 293 g/mol. The van der Waals surface area contributed by atoms with Crippen LogP contribution in [0.3, 0.4) is 0 Å². The molecule has 1 aliphatic heterocycles. The Labute approximate surface area is 122 Å². The molecule has 2 heterocycles. The van der Waals surface area contributed by atoms with Gasteiger partial charge < -0.3 is 4.74 Å². The second-order valence-electron chi connectivity index (χ2n) is 4.75. The third kappa shape index (κ3) is 3.22. The van der Waals surface area contributed by atoms with Crippen molar-refractivity contribution in [3.8, 4) is 0 Å². The summed E-state index contributed by atoms with van der Waals surface area (Å²) < 4.78 is 5.38. The molecule has 0 aliphatic carbocycles. The van der Waals surface area contributed by atoms with E-state index in [0.29, 0.717) is 10.4 Å². The van der Waals surface area contributed by atoms with E-state index in [1.165, 1.54) is 0 Å². The molecule has 2 aromatic rings. The number of aromatic nitrogens is 1. The fourth-order valence-corrected chi connectivity index (χ4v) is 3.74. The van der Waals surface area contributed by atoms with Crippen LogP contribution >= 0.6 is 23.4 Å². The maximum absolute atomic E-state index is 6.27. The largest absolute Gasteiger partial charge is 0.381 e. The summed E-state index contributed by atoms with van der Waals surface area (Å²) in [5, 5.41) is 2.49. The molecule has 2 nitrogen and oxygen atoms in total. The summed E-state index contributed by atoms with van der Waals surface area (Å²) in [6, 6.07) is 10.3. The highest BCUT2D eigenvalue weighted by Gasteiger charge is 2.15. The summed E-state index contributed by atoms with van der Waals surface area (Å²) in [7, 11) is 0. The molecular weight excluding hydrogens is 278 g/mol. The van der Waals surface area contributed by atoms with Crippen molar-refractivity contribution in [2.45, 2.75) is 23.8 Å². The number of rotatable bonds is 3. The van der Waals surface area contributed by atoms with E-state index in [1.807, 2.05) is 30.0 Å². The summed E-state index contributed by atoms with van der Waals surface area (Å²) in [6.45, 7) is 1.78. The number of pyridine rings is 1. The quantitative estimate of drug-likeness (QED) is 0.788. The van der Waals surface area contributed by atoms with Gasteiger partial charge in [-0.25, -0.2) is 4.98 Å². The lowest BCUT2D eigenvalue weighted by Gasteiger charge is -2.21. The van der Waals surface area contributed by atoms with Gasteiger partial charge in [0, 0.05) is 35.2 Å². The Morgan fingerprint density at radius 1 is 1.26 bits per heavy atom. The molecule has 0 N–H and O–H groups in total. The lowest BCUT2D eigenvalue weighted by Crippen LogP contribution is -2.17. The second kappa shape index (κ2) is 6.12. The minimum Gasteiger partial charge on any atom is -0.381 e. The van der Waals surface area contributed by atoms with Crippen molar-refractivity contribution in [3.63, 3.8) is 0 Å². The Balaban J connectivity index is 1.74. The molecule has 1 aromatic carbocycles. The highest BCUT2D eigenvalue weighted by molar-refractivity contribution is 7.99. The fourth-order valence-electron chi connectivity index (χ4n) is 2.29. The molecule has 0 amide bonds. The Bertz CT molecular complexity index is 569. The maximum Gasteiger partial charge on any atom is 0.133 e. The summed E-state index contributed by atoms with van der Waals surface area (Å²) in [5.41, 5.74) is 2.10. The van der Waals surface area contributed by atoms with E-state index in [-0.39, 0.29) is 0 Å². The van der Waals surface area contributed by atoms with Crippen LogP contribution in [-0.4, -0.2) is 23.4 Å². The third-order valence-electron chi connectivity index (χ3n) is 3.39. The Morgan fingerprint density at radius 2 is 2.05 bits per heavy atom. The normalized spacial score (nSPS) is 16.9. The van der Waals surface area contributed by atoms with Crippen LogP contribution < -0.4 is 0 Å². The topological polar surface area (TPSA) is 22.1 Å². The average molecular weight is 294 g/mol. The second-order valence-corrected chi connectivity index (χ2v) is 6.40. The molecule has 1 aromatic heterocycles. The molecule has 0 spiro atoms. The summed E-state index contributed by atoms with van der Waals surface area (Å²) in [5.74, 6) is 0.932. The zero-order chi connectivity index (χ0) is 13.1. The van der Waals surface area contributed by atoms with Crippen molar-refractivity contribution in [1.82, 2.24) is 4.98 Å². The number of fused-ring (bicyclic) bond motifs is 1. The van der Waals surface area contributed by atoms with Crippen molar-refractivity contribution in [2.24, 2.45) is 0 Å². The van der Waals surface area contributed by atoms with Gasteiger partial charge in [-0.1, -0.05) is 29.8 Å². The smallest absolute Gasteiger partial charge is 0.133 e. The van der Waals surface area contributed by atoms with Gasteiger partial charge in [-0.05, 0) is 25.0 Å². The first-order valence-corrected chi connectivity index (χ1v) is 7.99. The number of nitrogens with zero attached hydrogens (tertiary/aromatic N) is 1. The van der Waals surface area contributed by atoms with E-state index in [1.54, 1.807) is 0 Å². The standard InChI is InChI=1S/C15H16ClNOS/c16-15-12(10-19-13-5-7-18-8-6-13)9-11-3-1-2-4-14(11)17-15/h1-4,9,13H,5-8,10H2. The molecule has 100 valence electrons. The molecule has 3 rings (SSSR count). The molecule has 0 atom stereocenters. The summed E-state index contributed by atoms with van der Waals surface area (Å²) in [4.78, 5) is 4.47. The first-order chi connectivity index (χ1) is 9.33. The van der Waals surface area contributed by atoms with Crippen molar-refractivity contribution < 1.29 is 4.74 Å². The SMILES string of the molecule is Clc1nc2ccccc2cc1CSC1CCOCC1. The van der Waals surface area contributed by atoms with Crippen LogP contribution in [0.25, 0.3) is 10.9 Å². The molecule has 1 aliphatic rings. The molecule has 0 radical (unpaired) electrons. The summed E-state index contributed by atoms with van der Waals surface area (Å²) >= 11 is 8.24. The van der Waals surface area contributed by atoms with Gasteiger partial charge >= 0.3 is 0 Å². The third-order valence-corrected chi connectivity index (χ3v) is 5.14. The molecule has 0 saturated carbocycles. The van der Waals surface area contributed by atoms with Crippen molar-refractivity contribution in [1.29, 1.82) is 0 Å². The van der Waals surface area contributed by atoms with Crippen molar-refractivity contribution in [3.05, 3.63) is 41.0 Å². The lowest BCUT2D eigenvalue weighted by atomic mass is 10.2. The van der Waals surface area contributed by atoms with Crippen LogP contribution in [0, 0.1) is 0 Å². The van der Waals surface area contributed by atoms with E-state index >= 15 is 0 Å². The molecule has 0 bridgehead atoms. The first kappa shape index (κ1) is 13.2. The van der Waals surface area contributed by atoms with Crippen LogP contribution in [-0.2, 0) is 10.5 Å². The molecule has 0 unspecified atom stereocenters. The predicted octanol–water partition coefficient (Wildman–Crippen LogP) is 4.30. The number of para-hydroxylation sites is 1. The van der Waals surface area contributed by atoms with E-state index in [2.05, 4.69) is 17.1 Å². The minimum absolute atomic E-state index is 0.637. The molecule has 1 fully saturated rings.